The minimum atomic E-state index is -3.00. The van der Waals surface area contributed by atoms with Gasteiger partial charge in [-0.05, 0) is 39.0 Å². The molecule has 0 saturated heterocycles. The van der Waals surface area contributed by atoms with Gasteiger partial charge in [-0.25, -0.2) is 8.42 Å². The fourth-order valence-electron chi connectivity index (χ4n) is 2.55. The second kappa shape index (κ2) is 5.49. The lowest BCUT2D eigenvalue weighted by atomic mass is 9.73. The third-order valence-electron chi connectivity index (χ3n) is 4.20. The number of hydrogen-bond donors (Lipinski definition) is 1. The zero-order valence-electron chi connectivity index (χ0n) is 12.5. The van der Waals surface area contributed by atoms with E-state index in [2.05, 4.69) is 19.2 Å². The van der Waals surface area contributed by atoms with Gasteiger partial charge in [0.05, 0.1) is 10.5 Å². The first kappa shape index (κ1) is 16.0. The van der Waals surface area contributed by atoms with E-state index in [4.69, 9.17) is 0 Å². The Morgan fingerprint density at radius 3 is 2.33 bits per heavy atom. The lowest BCUT2D eigenvalue weighted by Gasteiger charge is -2.39. The first-order chi connectivity index (χ1) is 8.06. The van der Waals surface area contributed by atoms with E-state index in [-0.39, 0.29) is 5.75 Å². The molecule has 1 aliphatic carbocycles. The van der Waals surface area contributed by atoms with Crippen molar-refractivity contribution in [1.29, 1.82) is 0 Å². The maximum absolute atomic E-state index is 12.0. The van der Waals surface area contributed by atoms with E-state index in [1.807, 2.05) is 0 Å². The van der Waals surface area contributed by atoms with Crippen molar-refractivity contribution in [1.82, 2.24) is 5.32 Å². The van der Waals surface area contributed by atoms with Crippen LogP contribution in [0, 0.1) is 5.41 Å². The van der Waals surface area contributed by atoms with Gasteiger partial charge in [0.1, 0.15) is 0 Å². The molecule has 0 aromatic rings. The molecule has 0 radical (unpaired) electrons. The van der Waals surface area contributed by atoms with E-state index in [0.717, 1.165) is 0 Å². The number of hydrogen-bond acceptors (Lipinski definition) is 3. The molecular weight excluding hydrogens is 246 g/mol. The summed E-state index contributed by atoms with van der Waals surface area (Å²) in [5.41, 5.74) is 0.295. The monoisotopic (exact) mass is 275 g/mol. The Labute approximate surface area is 113 Å². The molecule has 1 saturated carbocycles. The fraction of sp³-hybridized carbons (Fsp3) is 1.00. The largest absolute Gasteiger partial charge is 0.312 e. The van der Waals surface area contributed by atoms with Gasteiger partial charge in [0.25, 0.3) is 0 Å². The molecule has 1 atom stereocenters. The summed E-state index contributed by atoms with van der Waals surface area (Å²) in [6.07, 6.45) is 4.96. The highest BCUT2D eigenvalue weighted by Gasteiger charge is 2.33. The Morgan fingerprint density at radius 2 is 1.83 bits per heavy atom. The first-order valence-corrected chi connectivity index (χ1v) is 8.67. The molecular formula is C14H29NO2S. The molecule has 0 bridgehead atoms. The van der Waals surface area contributed by atoms with Crippen molar-refractivity contribution in [2.75, 3.05) is 12.3 Å². The molecule has 3 nitrogen and oxygen atoms in total. The van der Waals surface area contributed by atoms with Gasteiger partial charge >= 0.3 is 0 Å². The van der Waals surface area contributed by atoms with Gasteiger partial charge in [-0.2, -0.15) is 0 Å². The van der Waals surface area contributed by atoms with E-state index in [1.165, 1.54) is 25.7 Å². The van der Waals surface area contributed by atoms with Gasteiger partial charge in [0.2, 0.25) is 0 Å². The molecule has 0 aromatic carbocycles. The van der Waals surface area contributed by atoms with Crippen LogP contribution >= 0.6 is 0 Å². The molecule has 0 heterocycles. The molecule has 18 heavy (non-hydrogen) atoms. The van der Waals surface area contributed by atoms with Crippen molar-refractivity contribution in [2.45, 2.75) is 71.1 Å². The smallest absolute Gasteiger partial charge is 0.156 e. The maximum Gasteiger partial charge on any atom is 0.156 e. The average Bonchev–Trinajstić information content (AvgIpc) is 2.18. The predicted octanol–water partition coefficient (Wildman–Crippen LogP) is 2.76. The fourth-order valence-corrected chi connectivity index (χ4v) is 3.55. The van der Waals surface area contributed by atoms with Crippen LogP contribution in [0.4, 0.5) is 0 Å². The van der Waals surface area contributed by atoms with Crippen LogP contribution in [0.1, 0.15) is 60.3 Å². The van der Waals surface area contributed by atoms with Crippen molar-refractivity contribution in [2.24, 2.45) is 5.41 Å². The van der Waals surface area contributed by atoms with Gasteiger partial charge < -0.3 is 5.32 Å². The molecule has 108 valence electrons. The highest BCUT2D eigenvalue weighted by Crippen LogP contribution is 2.35. The van der Waals surface area contributed by atoms with Crippen molar-refractivity contribution >= 4 is 9.84 Å². The SMILES string of the molecule is CC1(C)CCCCC1NCCS(=O)(=O)C(C)(C)C. The summed E-state index contributed by atoms with van der Waals surface area (Å²) in [6.45, 7) is 10.4. The van der Waals surface area contributed by atoms with Gasteiger partial charge in [-0.15, -0.1) is 0 Å². The number of sulfone groups is 1. The predicted molar refractivity (Wildman–Crippen MR) is 77.6 cm³/mol. The van der Waals surface area contributed by atoms with Crippen LogP contribution in [0.15, 0.2) is 0 Å². The van der Waals surface area contributed by atoms with Crippen molar-refractivity contribution in [3.8, 4) is 0 Å². The quantitative estimate of drug-likeness (QED) is 0.858. The first-order valence-electron chi connectivity index (χ1n) is 7.02. The molecule has 0 spiro atoms. The Kier molecular flexibility index (Phi) is 4.87. The zero-order valence-corrected chi connectivity index (χ0v) is 13.4. The lowest BCUT2D eigenvalue weighted by Crippen LogP contribution is -2.46. The molecule has 1 fully saturated rings. The van der Waals surface area contributed by atoms with E-state index in [9.17, 15) is 8.42 Å². The molecule has 1 aliphatic rings. The van der Waals surface area contributed by atoms with Gasteiger partial charge in [-0.1, -0.05) is 26.7 Å². The third kappa shape index (κ3) is 3.95. The molecule has 1 rings (SSSR count). The van der Waals surface area contributed by atoms with E-state index < -0.39 is 14.6 Å². The summed E-state index contributed by atoms with van der Waals surface area (Å²) in [4.78, 5) is 0. The van der Waals surface area contributed by atoms with Gasteiger partial charge in [0, 0.05) is 12.6 Å². The minimum absolute atomic E-state index is 0.239. The van der Waals surface area contributed by atoms with Crippen LogP contribution in [0.3, 0.4) is 0 Å². The van der Waals surface area contributed by atoms with E-state index in [0.29, 0.717) is 18.0 Å². The van der Waals surface area contributed by atoms with Crippen molar-refractivity contribution < 1.29 is 8.42 Å². The Morgan fingerprint density at radius 1 is 1.22 bits per heavy atom. The summed E-state index contributed by atoms with van der Waals surface area (Å²) < 4.78 is 23.4. The van der Waals surface area contributed by atoms with Crippen LogP contribution in [-0.4, -0.2) is 31.5 Å². The summed E-state index contributed by atoms with van der Waals surface area (Å²) in [5.74, 6) is 0.239. The normalized spacial score (nSPS) is 25.1. The molecule has 0 amide bonds. The molecule has 4 heteroatoms. The zero-order chi connectivity index (χ0) is 14.0. The minimum Gasteiger partial charge on any atom is -0.312 e. The summed E-state index contributed by atoms with van der Waals surface area (Å²) in [6, 6.07) is 0.460. The third-order valence-corrected chi connectivity index (χ3v) is 6.81. The number of rotatable bonds is 4. The van der Waals surface area contributed by atoms with E-state index >= 15 is 0 Å². The second-order valence-corrected chi connectivity index (χ2v) is 10.0. The highest BCUT2D eigenvalue weighted by atomic mass is 32.2. The molecule has 1 unspecified atom stereocenters. The molecule has 0 aliphatic heterocycles. The average molecular weight is 275 g/mol. The van der Waals surface area contributed by atoms with Crippen LogP contribution in [-0.2, 0) is 9.84 Å². The summed E-state index contributed by atoms with van der Waals surface area (Å²) in [7, 11) is -3.00. The summed E-state index contributed by atoms with van der Waals surface area (Å²) >= 11 is 0. The van der Waals surface area contributed by atoms with Crippen LogP contribution in [0.5, 0.6) is 0 Å². The Balaban J connectivity index is 2.47. The Hall–Kier alpha value is -0.0900. The highest BCUT2D eigenvalue weighted by molar-refractivity contribution is 7.92. The van der Waals surface area contributed by atoms with Crippen molar-refractivity contribution in [3.63, 3.8) is 0 Å². The lowest BCUT2D eigenvalue weighted by molar-refractivity contribution is 0.170. The topological polar surface area (TPSA) is 46.2 Å². The molecule has 1 N–H and O–H groups in total. The van der Waals surface area contributed by atoms with Crippen molar-refractivity contribution in [3.05, 3.63) is 0 Å². The van der Waals surface area contributed by atoms with E-state index in [1.54, 1.807) is 20.8 Å². The second-order valence-electron chi connectivity index (χ2n) is 7.17. The molecule has 0 aromatic heterocycles. The Bertz CT molecular complexity index is 366. The maximum atomic E-state index is 12.0. The van der Waals surface area contributed by atoms with Crippen LogP contribution < -0.4 is 5.32 Å². The number of nitrogens with one attached hydrogen (secondary N) is 1. The van der Waals surface area contributed by atoms with Gasteiger partial charge in [-0.3, -0.25) is 0 Å². The van der Waals surface area contributed by atoms with Gasteiger partial charge in [0.15, 0.2) is 9.84 Å². The van der Waals surface area contributed by atoms with Crippen LogP contribution in [0.2, 0.25) is 0 Å². The standard InChI is InChI=1S/C14H29NO2S/c1-13(2,3)18(16,17)11-10-15-12-8-6-7-9-14(12,4)5/h12,15H,6-11H2,1-5H3. The summed E-state index contributed by atoms with van der Waals surface area (Å²) in [5, 5.41) is 3.46. The van der Waals surface area contributed by atoms with Crippen LogP contribution in [0.25, 0.3) is 0 Å².